The van der Waals surface area contributed by atoms with Crippen molar-refractivity contribution in [2.24, 2.45) is 23.3 Å². The summed E-state index contributed by atoms with van der Waals surface area (Å²) in [5, 5.41) is 65.2. The van der Waals surface area contributed by atoms with Crippen molar-refractivity contribution >= 4 is 53.3 Å². The number of hydrogen-bond acceptors (Lipinski definition) is 15. The number of carboxylic acids is 2. The van der Waals surface area contributed by atoms with E-state index in [1.165, 1.54) is 19.4 Å². The lowest BCUT2D eigenvalue weighted by molar-refractivity contribution is -0.144. The molecule has 362 valence electrons. The number of aliphatic hydroxyl groups is 3. The molecule has 17 N–H and O–H groups in total. The van der Waals surface area contributed by atoms with Gasteiger partial charge in [-0.25, -0.2) is 9.78 Å². The summed E-state index contributed by atoms with van der Waals surface area (Å²) < 4.78 is 0. The third-order valence-electron chi connectivity index (χ3n) is 9.69. The number of aromatic nitrogens is 2. The molecule has 0 aliphatic heterocycles. The first-order valence-electron chi connectivity index (χ1n) is 20.9. The number of carbonyl (C=O) groups excluding carboxylic acids is 7. The molecule has 0 radical (unpaired) electrons. The average Bonchev–Trinajstić information content (AvgIpc) is 3.72. The van der Waals surface area contributed by atoms with Gasteiger partial charge in [0.1, 0.15) is 42.3 Å². The summed E-state index contributed by atoms with van der Waals surface area (Å²) in [7, 11) is 0. The number of amides is 7. The Morgan fingerprint density at radius 1 is 0.641 bits per heavy atom. The topological polar surface area (TPSA) is 420 Å². The van der Waals surface area contributed by atoms with Crippen LogP contribution in [0.25, 0.3) is 0 Å². The lowest BCUT2D eigenvalue weighted by atomic mass is 9.98. The maximum atomic E-state index is 14.0. The molecule has 0 spiro atoms. The number of hydrogen-bond donors (Lipinski definition) is 15. The number of aromatic amines is 1. The molecule has 1 aromatic rings. The summed E-state index contributed by atoms with van der Waals surface area (Å²) in [6, 6.07) is -12.0. The number of rotatable bonds is 30. The highest BCUT2D eigenvalue weighted by molar-refractivity contribution is 5.98. The van der Waals surface area contributed by atoms with E-state index in [1.54, 1.807) is 27.7 Å². The summed E-state index contributed by atoms with van der Waals surface area (Å²) in [5.74, 6) is -10.5. The number of carbonyl (C=O) groups is 9. The Hall–Kier alpha value is -5.76. The summed E-state index contributed by atoms with van der Waals surface area (Å²) in [6.07, 6.45) is -0.665. The van der Waals surface area contributed by atoms with E-state index in [1.807, 2.05) is 5.32 Å². The van der Waals surface area contributed by atoms with E-state index in [4.69, 9.17) is 11.5 Å². The van der Waals surface area contributed by atoms with Crippen molar-refractivity contribution in [3.8, 4) is 0 Å². The molecular formula is C39H67N11O14. The first-order chi connectivity index (χ1) is 29.9. The van der Waals surface area contributed by atoms with E-state index < -0.39 is 139 Å². The smallest absolute Gasteiger partial charge is 0.328 e. The Labute approximate surface area is 370 Å². The lowest BCUT2D eigenvalue weighted by Crippen LogP contribution is -2.62. The number of unbranched alkanes of at least 4 members (excludes halogenated alkanes) is 1. The van der Waals surface area contributed by atoms with Gasteiger partial charge in [0.05, 0.1) is 36.9 Å². The number of imidazole rings is 1. The number of nitrogens with two attached hydrogens (primary N) is 2. The number of aliphatic carboxylic acids is 2. The molecule has 1 rings (SSSR count). The van der Waals surface area contributed by atoms with E-state index in [9.17, 15) is 68.7 Å². The van der Waals surface area contributed by atoms with Crippen LogP contribution in [0.4, 0.5) is 0 Å². The van der Waals surface area contributed by atoms with Gasteiger partial charge in [-0.05, 0) is 64.3 Å². The van der Waals surface area contributed by atoms with Gasteiger partial charge in [-0.3, -0.25) is 38.4 Å². The van der Waals surface area contributed by atoms with Crippen LogP contribution in [0.5, 0.6) is 0 Å². The Morgan fingerprint density at radius 2 is 1.11 bits per heavy atom. The van der Waals surface area contributed by atoms with Gasteiger partial charge in [-0.1, -0.05) is 27.7 Å². The summed E-state index contributed by atoms with van der Waals surface area (Å²) in [5.41, 5.74) is 12.1. The molecule has 1 heterocycles. The molecule has 0 saturated carbocycles. The zero-order valence-electron chi connectivity index (χ0n) is 37.0. The van der Waals surface area contributed by atoms with Gasteiger partial charge in [0.2, 0.25) is 41.4 Å². The second kappa shape index (κ2) is 28.1. The number of nitrogens with one attached hydrogen (secondary N) is 8. The minimum Gasteiger partial charge on any atom is -0.481 e. The number of H-pyrrole nitrogens is 1. The van der Waals surface area contributed by atoms with E-state index in [0.29, 0.717) is 12.1 Å². The second-order valence-corrected chi connectivity index (χ2v) is 16.2. The highest BCUT2D eigenvalue weighted by Crippen LogP contribution is 2.12. The van der Waals surface area contributed by atoms with Crippen LogP contribution in [-0.4, -0.2) is 162 Å². The van der Waals surface area contributed by atoms with Crippen LogP contribution in [0.2, 0.25) is 0 Å². The minimum atomic E-state index is -1.74. The molecule has 0 aromatic carbocycles. The molecule has 7 amide bonds. The van der Waals surface area contributed by atoms with Gasteiger partial charge in [0.25, 0.3) is 0 Å². The average molecular weight is 914 g/mol. The van der Waals surface area contributed by atoms with Crippen molar-refractivity contribution in [2.45, 2.75) is 147 Å². The van der Waals surface area contributed by atoms with E-state index in [-0.39, 0.29) is 38.1 Å². The molecule has 0 unspecified atom stereocenters. The van der Waals surface area contributed by atoms with Crippen molar-refractivity contribution in [2.75, 3.05) is 13.2 Å². The molecule has 1 aromatic heterocycles. The van der Waals surface area contributed by atoms with E-state index in [2.05, 4.69) is 41.9 Å². The van der Waals surface area contributed by atoms with Crippen LogP contribution < -0.4 is 48.7 Å². The number of nitrogens with zero attached hydrogens (tertiary/aromatic N) is 1. The molecule has 0 saturated heterocycles. The van der Waals surface area contributed by atoms with E-state index >= 15 is 0 Å². The molecule has 10 atom stereocenters. The zero-order valence-corrected chi connectivity index (χ0v) is 37.0. The summed E-state index contributed by atoms with van der Waals surface area (Å²) >= 11 is 0. The fourth-order valence-corrected chi connectivity index (χ4v) is 6.08. The molecular weight excluding hydrogens is 846 g/mol. The van der Waals surface area contributed by atoms with Crippen molar-refractivity contribution in [3.05, 3.63) is 18.2 Å². The van der Waals surface area contributed by atoms with Gasteiger partial charge < -0.3 is 79.2 Å². The SMILES string of the molecule is CC(C)C[C@H](NC(=O)[C@H](CCCCN)NC(=O)[C@H](CCC(=O)O)NC(=O)[C@@H](NC(=O)[C@@H](N)Cc1c[nH]cn1)[C@@H](C)O)C(=O)N[C@H](C(=O)N[C@H](C(=O)N[C@@H](CO)C(=O)O)[C@@H](C)O)C(C)C. The van der Waals surface area contributed by atoms with Crippen LogP contribution in [0.15, 0.2) is 12.5 Å². The lowest BCUT2D eigenvalue weighted by Gasteiger charge is -2.30. The fraction of sp³-hybridized carbons (Fsp3) is 0.692. The predicted molar refractivity (Wildman–Crippen MR) is 226 cm³/mol. The Morgan fingerprint density at radius 3 is 1.56 bits per heavy atom. The standard InChI is InChI=1S/C39H67N11O14/c1-18(2)13-26(35(59)48-29(19(3)4)36(60)50-31(21(6)53)38(62)47-27(16-51)39(63)64)46-33(57)24(9-7-8-12-40)44-34(58)25(10-11-28(54)55)45-37(61)30(20(5)52)49-32(56)23(41)14-22-15-42-17-43-22/h15,17-21,23-27,29-31,51-53H,7-14,16,40-41H2,1-6H3,(H,42,43)(H,44,58)(H,45,61)(H,46,57)(H,47,62)(H,48,59)(H,49,56)(H,50,60)(H,54,55)(H,63,64)/t20-,21-,23+,24+,25+,26+,27+,29+,30+,31+/m1/s1. The molecule has 0 bridgehead atoms. The number of aliphatic hydroxyl groups excluding tert-OH is 3. The highest BCUT2D eigenvalue weighted by atomic mass is 16.4. The Kier molecular flexibility index (Phi) is 24.7. The first-order valence-corrected chi connectivity index (χ1v) is 20.9. The monoisotopic (exact) mass is 913 g/mol. The molecule has 25 heteroatoms. The first kappa shape index (κ1) is 56.3. The van der Waals surface area contributed by atoms with Crippen molar-refractivity contribution in [1.29, 1.82) is 0 Å². The van der Waals surface area contributed by atoms with Gasteiger partial charge >= 0.3 is 11.9 Å². The third-order valence-corrected chi connectivity index (χ3v) is 9.69. The second-order valence-electron chi connectivity index (χ2n) is 16.2. The molecule has 0 fully saturated rings. The van der Waals surface area contributed by atoms with Gasteiger partial charge in [-0.2, -0.15) is 0 Å². The van der Waals surface area contributed by atoms with Crippen molar-refractivity contribution < 1.29 is 68.7 Å². The maximum Gasteiger partial charge on any atom is 0.328 e. The van der Waals surface area contributed by atoms with Crippen LogP contribution in [-0.2, 0) is 49.6 Å². The third kappa shape index (κ3) is 19.7. The molecule has 25 nitrogen and oxygen atoms in total. The largest absolute Gasteiger partial charge is 0.481 e. The highest BCUT2D eigenvalue weighted by Gasteiger charge is 2.37. The zero-order chi connectivity index (χ0) is 48.8. The van der Waals surface area contributed by atoms with Crippen molar-refractivity contribution in [3.63, 3.8) is 0 Å². The van der Waals surface area contributed by atoms with Crippen LogP contribution in [0.3, 0.4) is 0 Å². The minimum absolute atomic E-state index is 0.0129. The maximum absolute atomic E-state index is 14.0. The molecule has 0 aliphatic carbocycles. The van der Waals surface area contributed by atoms with Crippen LogP contribution >= 0.6 is 0 Å². The Balaban J connectivity index is 3.35. The van der Waals surface area contributed by atoms with Gasteiger partial charge in [0.15, 0.2) is 0 Å². The molecule has 0 aliphatic rings. The summed E-state index contributed by atoms with van der Waals surface area (Å²) in [4.78, 5) is 124. The van der Waals surface area contributed by atoms with Crippen LogP contribution in [0.1, 0.15) is 85.8 Å². The van der Waals surface area contributed by atoms with E-state index in [0.717, 1.165) is 6.92 Å². The predicted octanol–water partition coefficient (Wildman–Crippen LogP) is -4.79. The normalized spacial score (nSPS) is 16.0. The fourth-order valence-electron chi connectivity index (χ4n) is 6.08. The van der Waals surface area contributed by atoms with Crippen LogP contribution in [0, 0.1) is 11.8 Å². The van der Waals surface area contributed by atoms with Crippen molar-refractivity contribution in [1.82, 2.24) is 47.2 Å². The summed E-state index contributed by atoms with van der Waals surface area (Å²) in [6.45, 7) is 8.18. The molecule has 64 heavy (non-hydrogen) atoms. The Bertz CT molecular complexity index is 1710. The quantitative estimate of drug-likeness (QED) is 0.0322. The van der Waals surface area contributed by atoms with Gasteiger partial charge in [0, 0.05) is 19.0 Å². The number of carboxylic acid groups (broad SMARTS) is 2. The van der Waals surface area contributed by atoms with Gasteiger partial charge in [-0.15, -0.1) is 0 Å².